The number of carboxylic acids is 1. The molecule has 0 aliphatic carbocycles. The Morgan fingerprint density at radius 1 is 1.42 bits per heavy atom. The van der Waals surface area contributed by atoms with Crippen molar-refractivity contribution >= 4 is 21.7 Å². The van der Waals surface area contributed by atoms with E-state index in [1.165, 1.54) is 6.92 Å². The molecule has 0 aliphatic rings. The maximum Gasteiger partial charge on any atom is 0.321 e. The largest absolute Gasteiger partial charge is 0.480 e. The fourth-order valence-corrected chi connectivity index (χ4v) is 2.58. The highest BCUT2D eigenvalue weighted by Gasteiger charge is 2.24. The topological polar surface area (TPSA) is 127 Å². The quantitative estimate of drug-likeness (QED) is 0.587. The molecule has 0 amide bonds. The van der Waals surface area contributed by atoms with Crippen LogP contribution >= 0.6 is 0 Å². The molecule has 0 radical (unpaired) electrons. The number of hydrogen-bond acceptors (Lipinski definition) is 5. The molecular formula is C10H12N2O6S. The van der Waals surface area contributed by atoms with Gasteiger partial charge in [0.25, 0.3) is 5.69 Å². The van der Waals surface area contributed by atoms with Crippen molar-refractivity contribution in [2.75, 3.05) is 0 Å². The van der Waals surface area contributed by atoms with E-state index in [-0.39, 0.29) is 17.0 Å². The SMILES string of the molecule is CC[C@H](NS(=O)(=O)c1ccc([N+](=O)[O-])cc1)C(=O)O. The number of nitro groups is 1. The van der Waals surface area contributed by atoms with Crippen LogP contribution in [0.25, 0.3) is 0 Å². The van der Waals surface area contributed by atoms with Crippen molar-refractivity contribution in [3.05, 3.63) is 34.4 Å². The van der Waals surface area contributed by atoms with Gasteiger partial charge in [0.1, 0.15) is 6.04 Å². The third-order valence-electron chi connectivity index (χ3n) is 2.36. The van der Waals surface area contributed by atoms with Crippen molar-refractivity contribution in [2.45, 2.75) is 24.3 Å². The van der Waals surface area contributed by atoms with E-state index >= 15 is 0 Å². The third kappa shape index (κ3) is 3.73. The lowest BCUT2D eigenvalue weighted by molar-refractivity contribution is -0.384. The van der Waals surface area contributed by atoms with Crippen LogP contribution in [0.1, 0.15) is 13.3 Å². The molecule has 0 aliphatic heterocycles. The van der Waals surface area contributed by atoms with E-state index < -0.39 is 27.0 Å². The summed E-state index contributed by atoms with van der Waals surface area (Å²) in [5.41, 5.74) is -0.246. The first-order chi connectivity index (χ1) is 8.77. The number of rotatable bonds is 6. The van der Waals surface area contributed by atoms with Crippen LogP contribution in [0.15, 0.2) is 29.2 Å². The lowest BCUT2D eigenvalue weighted by atomic mass is 10.2. The highest BCUT2D eigenvalue weighted by Crippen LogP contribution is 2.16. The van der Waals surface area contributed by atoms with Gasteiger partial charge in [-0.05, 0) is 18.6 Å². The Balaban J connectivity index is 3.00. The number of nitro benzene ring substituents is 1. The highest BCUT2D eigenvalue weighted by molar-refractivity contribution is 7.89. The average Bonchev–Trinajstić information content (AvgIpc) is 2.35. The van der Waals surface area contributed by atoms with E-state index in [0.29, 0.717) is 0 Å². The summed E-state index contributed by atoms with van der Waals surface area (Å²) in [5.74, 6) is -1.28. The van der Waals surface area contributed by atoms with Gasteiger partial charge in [-0.15, -0.1) is 0 Å². The number of nitrogens with one attached hydrogen (secondary N) is 1. The summed E-state index contributed by atoms with van der Waals surface area (Å²) >= 11 is 0. The average molecular weight is 288 g/mol. The molecule has 1 atom stereocenters. The zero-order valence-electron chi connectivity index (χ0n) is 9.94. The van der Waals surface area contributed by atoms with Gasteiger partial charge >= 0.3 is 5.97 Å². The standard InChI is InChI=1S/C10H12N2O6S/c1-2-9(10(13)14)11-19(17,18)8-5-3-7(4-6-8)12(15)16/h3-6,9,11H,2H2,1H3,(H,13,14)/t9-/m0/s1. The van der Waals surface area contributed by atoms with Gasteiger partial charge in [0.05, 0.1) is 9.82 Å². The van der Waals surface area contributed by atoms with Crippen molar-refractivity contribution in [3.8, 4) is 0 Å². The second-order valence-electron chi connectivity index (χ2n) is 3.67. The number of sulfonamides is 1. The van der Waals surface area contributed by atoms with Crippen molar-refractivity contribution in [1.29, 1.82) is 0 Å². The second-order valence-corrected chi connectivity index (χ2v) is 5.39. The minimum Gasteiger partial charge on any atom is -0.480 e. The first-order valence-electron chi connectivity index (χ1n) is 5.27. The Hall–Kier alpha value is -2.00. The molecule has 0 heterocycles. The summed E-state index contributed by atoms with van der Waals surface area (Å²) < 4.78 is 25.7. The molecule has 0 saturated carbocycles. The minimum atomic E-state index is -4.01. The summed E-state index contributed by atoms with van der Waals surface area (Å²) in [6.45, 7) is 1.52. The van der Waals surface area contributed by atoms with E-state index in [1.807, 2.05) is 4.72 Å². The summed E-state index contributed by atoms with van der Waals surface area (Å²) in [5, 5.41) is 19.2. The van der Waals surface area contributed by atoms with E-state index in [4.69, 9.17) is 5.11 Å². The fraction of sp³-hybridized carbons (Fsp3) is 0.300. The maximum absolute atomic E-state index is 11.8. The van der Waals surface area contributed by atoms with Gasteiger partial charge in [0, 0.05) is 12.1 Å². The second kappa shape index (κ2) is 5.76. The summed E-state index contributed by atoms with van der Waals surface area (Å²) in [4.78, 5) is 20.3. The van der Waals surface area contributed by atoms with Crippen LogP contribution in [0, 0.1) is 10.1 Å². The predicted molar refractivity (Wildman–Crippen MR) is 65.1 cm³/mol. The molecule has 104 valence electrons. The van der Waals surface area contributed by atoms with Crippen molar-refractivity contribution in [1.82, 2.24) is 4.72 Å². The number of aliphatic carboxylic acids is 1. The first kappa shape index (κ1) is 15.1. The number of non-ortho nitro benzene ring substituents is 1. The molecular weight excluding hydrogens is 276 g/mol. The van der Waals surface area contributed by atoms with Crippen molar-refractivity contribution in [2.24, 2.45) is 0 Å². The Bertz CT molecular complexity index is 581. The molecule has 0 unspecified atom stereocenters. The Labute approximate surface area is 109 Å². The number of carbonyl (C=O) groups is 1. The van der Waals surface area contributed by atoms with E-state index in [0.717, 1.165) is 24.3 Å². The number of nitrogens with zero attached hydrogens (tertiary/aromatic N) is 1. The van der Waals surface area contributed by atoms with Crippen LogP contribution in [0.5, 0.6) is 0 Å². The Morgan fingerprint density at radius 3 is 2.32 bits per heavy atom. The van der Waals surface area contributed by atoms with Crippen molar-refractivity contribution in [3.63, 3.8) is 0 Å². The molecule has 0 fully saturated rings. The van der Waals surface area contributed by atoms with Gasteiger partial charge in [0.15, 0.2) is 0 Å². The van der Waals surface area contributed by atoms with Gasteiger partial charge in [-0.25, -0.2) is 8.42 Å². The molecule has 1 aromatic carbocycles. The van der Waals surface area contributed by atoms with Gasteiger partial charge in [-0.2, -0.15) is 4.72 Å². The van der Waals surface area contributed by atoms with E-state index in [1.54, 1.807) is 0 Å². The molecule has 0 saturated heterocycles. The molecule has 0 aromatic heterocycles. The number of benzene rings is 1. The molecule has 0 spiro atoms. The fourth-order valence-electron chi connectivity index (χ4n) is 1.31. The smallest absolute Gasteiger partial charge is 0.321 e. The zero-order chi connectivity index (χ0) is 14.6. The minimum absolute atomic E-state index is 0.0849. The molecule has 9 heteroatoms. The summed E-state index contributed by atoms with van der Waals surface area (Å²) in [6.07, 6.45) is 0.0849. The number of carboxylic acid groups (broad SMARTS) is 1. The van der Waals surface area contributed by atoms with Crippen LogP contribution in [-0.2, 0) is 14.8 Å². The molecule has 8 nitrogen and oxygen atoms in total. The molecule has 1 rings (SSSR count). The number of hydrogen-bond donors (Lipinski definition) is 2. The van der Waals surface area contributed by atoms with Crippen molar-refractivity contribution < 1.29 is 23.2 Å². The van der Waals surface area contributed by atoms with Crippen LogP contribution in [0.2, 0.25) is 0 Å². The normalized spacial score (nSPS) is 12.9. The van der Waals surface area contributed by atoms with Gasteiger partial charge in [-0.1, -0.05) is 6.92 Å². The Kier molecular flexibility index (Phi) is 4.57. The molecule has 19 heavy (non-hydrogen) atoms. The third-order valence-corrected chi connectivity index (χ3v) is 3.85. The summed E-state index contributed by atoms with van der Waals surface area (Å²) in [6, 6.07) is 2.94. The molecule has 1 aromatic rings. The predicted octanol–water partition coefficient (Wildman–Crippen LogP) is 0.736. The van der Waals surface area contributed by atoms with Crippen LogP contribution in [0.3, 0.4) is 0 Å². The van der Waals surface area contributed by atoms with Crippen LogP contribution in [-0.4, -0.2) is 30.5 Å². The Morgan fingerprint density at radius 2 is 1.95 bits per heavy atom. The van der Waals surface area contributed by atoms with E-state index in [9.17, 15) is 23.3 Å². The zero-order valence-corrected chi connectivity index (χ0v) is 10.8. The van der Waals surface area contributed by atoms with Gasteiger partial charge in [0.2, 0.25) is 10.0 Å². The van der Waals surface area contributed by atoms with Crippen LogP contribution < -0.4 is 4.72 Å². The first-order valence-corrected chi connectivity index (χ1v) is 6.76. The van der Waals surface area contributed by atoms with Gasteiger partial charge < -0.3 is 5.11 Å². The van der Waals surface area contributed by atoms with Crippen LogP contribution in [0.4, 0.5) is 5.69 Å². The van der Waals surface area contributed by atoms with E-state index in [2.05, 4.69) is 0 Å². The highest BCUT2D eigenvalue weighted by atomic mass is 32.2. The molecule has 0 bridgehead atoms. The summed E-state index contributed by atoms with van der Waals surface area (Å²) in [7, 11) is -4.01. The van der Waals surface area contributed by atoms with Gasteiger partial charge in [-0.3, -0.25) is 14.9 Å². The lowest BCUT2D eigenvalue weighted by Crippen LogP contribution is -2.40. The molecule has 2 N–H and O–H groups in total. The monoisotopic (exact) mass is 288 g/mol. The lowest BCUT2D eigenvalue weighted by Gasteiger charge is -2.12. The maximum atomic E-state index is 11.8.